The van der Waals surface area contributed by atoms with Crippen molar-refractivity contribution in [3.05, 3.63) is 38.9 Å². The Morgan fingerprint density at radius 3 is 2.95 bits per heavy atom. The average Bonchev–Trinajstić information content (AvgIpc) is 2.86. The summed E-state index contributed by atoms with van der Waals surface area (Å²) in [5.74, 6) is -0.370. The van der Waals surface area contributed by atoms with Gasteiger partial charge in [-0.2, -0.15) is 0 Å². The van der Waals surface area contributed by atoms with Gasteiger partial charge >= 0.3 is 0 Å². The molecule has 1 aromatic rings. The molecule has 1 aliphatic rings. The van der Waals surface area contributed by atoms with Crippen LogP contribution in [0.2, 0.25) is 5.02 Å². The quantitative estimate of drug-likeness (QED) is 0.678. The molecule has 1 unspecified atom stereocenters. The fraction of sp³-hybridized carbons (Fsp3) is 0.417. The van der Waals surface area contributed by atoms with Gasteiger partial charge in [-0.1, -0.05) is 17.7 Å². The molecule has 1 atom stereocenters. The highest BCUT2D eigenvalue weighted by Crippen LogP contribution is 2.30. The number of halogens is 1. The molecule has 1 fully saturated rings. The lowest BCUT2D eigenvalue weighted by molar-refractivity contribution is -0.384. The number of hydrogen-bond acceptors (Lipinski definition) is 4. The van der Waals surface area contributed by atoms with E-state index in [0.29, 0.717) is 6.54 Å². The van der Waals surface area contributed by atoms with Gasteiger partial charge in [0.15, 0.2) is 0 Å². The number of benzene rings is 1. The second kappa shape index (κ2) is 5.54. The van der Waals surface area contributed by atoms with Crippen molar-refractivity contribution in [1.29, 1.82) is 0 Å². The van der Waals surface area contributed by atoms with Crippen molar-refractivity contribution >= 4 is 23.2 Å². The Hall–Kier alpha value is -1.66. The van der Waals surface area contributed by atoms with Crippen LogP contribution in [0.4, 0.5) is 5.69 Å². The zero-order chi connectivity index (χ0) is 14.0. The van der Waals surface area contributed by atoms with Crippen LogP contribution < -0.4 is 0 Å². The predicted octanol–water partition coefficient (Wildman–Crippen LogP) is 1.85. The number of aliphatic hydroxyl groups excluding tert-OH is 1. The van der Waals surface area contributed by atoms with Gasteiger partial charge in [-0.15, -0.1) is 0 Å². The summed E-state index contributed by atoms with van der Waals surface area (Å²) >= 11 is 5.92. The van der Waals surface area contributed by atoms with E-state index in [1.807, 2.05) is 0 Å². The van der Waals surface area contributed by atoms with Gasteiger partial charge in [0.05, 0.1) is 23.1 Å². The van der Waals surface area contributed by atoms with Gasteiger partial charge in [0.2, 0.25) is 0 Å². The molecule has 1 aliphatic heterocycles. The highest BCUT2D eigenvalue weighted by molar-refractivity contribution is 6.35. The summed E-state index contributed by atoms with van der Waals surface area (Å²) in [6, 6.07) is 3.92. The number of rotatable bonds is 3. The number of hydrogen-bond donors (Lipinski definition) is 1. The van der Waals surface area contributed by atoms with Gasteiger partial charge < -0.3 is 10.0 Å². The van der Waals surface area contributed by atoms with Crippen LogP contribution in [0.1, 0.15) is 23.2 Å². The predicted molar refractivity (Wildman–Crippen MR) is 69.3 cm³/mol. The first-order valence-electron chi connectivity index (χ1n) is 5.91. The monoisotopic (exact) mass is 284 g/mol. The second-order valence-electron chi connectivity index (χ2n) is 4.37. The molecule has 0 radical (unpaired) electrons. The lowest BCUT2D eigenvalue weighted by atomic mass is 10.1. The van der Waals surface area contributed by atoms with Gasteiger partial charge in [0.25, 0.3) is 11.6 Å². The number of amides is 1. The van der Waals surface area contributed by atoms with E-state index >= 15 is 0 Å². The number of carbonyl (C=O) groups excluding carboxylic acids is 1. The lowest BCUT2D eigenvalue weighted by Crippen LogP contribution is -2.37. The first-order valence-corrected chi connectivity index (χ1v) is 6.28. The summed E-state index contributed by atoms with van der Waals surface area (Å²) in [7, 11) is 0. The largest absolute Gasteiger partial charge is 0.394 e. The Kier molecular flexibility index (Phi) is 4.01. The molecule has 1 aromatic carbocycles. The van der Waals surface area contributed by atoms with Crippen molar-refractivity contribution in [2.45, 2.75) is 18.9 Å². The number of nitro groups is 1. The molecular weight excluding hydrogens is 272 g/mol. The van der Waals surface area contributed by atoms with Crippen LogP contribution in [0.3, 0.4) is 0 Å². The molecule has 0 spiro atoms. The molecule has 1 N–H and O–H groups in total. The zero-order valence-electron chi connectivity index (χ0n) is 10.1. The summed E-state index contributed by atoms with van der Waals surface area (Å²) in [6.45, 7) is 0.418. The molecular formula is C12H13ClN2O4. The third-order valence-corrected chi connectivity index (χ3v) is 3.65. The van der Waals surface area contributed by atoms with Gasteiger partial charge in [0, 0.05) is 12.6 Å². The molecule has 19 heavy (non-hydrogen) atoms. The maximum Gasteiger partial charge on any atom is 0.288 e. The number of carbonyl (C=O) groups is 1. The first-order chi connectivity index (χ1) is 9.06. The van der Waals surface area contributed by atoms with Crippen LogP contribution in [-0.2, 0) is 0 Å². The maximum absolute atomic E-state index is 12.3. The normalized spacial score (nSPS) is 18.6. The van der Waals surface area contributed by atoms with Gasteiger partial charge in [-0.25, -0.2) is 0 Å². The first kappa shape index (κ1) is 13.8. The van der Waals surface area contributed by atoms with E-state index in [0.717, 1.165) is 12.8 Å². The minimum atomic E-state index is -0.618. The van der Waals surface area contributed by atoms with Gasteiger partial charge in [-0.05, 0) is 18.9 Å². The van der Waals surface area contributed by atoms with Crippen molar-refractivity contribution in [2.24, 2.45) is 0 Å². The summed E-state index contributed by atoms with van der Waals surface area (Å²) in [5.41, 5.74) is -0.177. The molecule has 0 aliphatic carbocycles. The molecule has 0 saturated carbocycles. The van der Waals surface area contributed by atoms with E-state index in [-0.39, 0.29) is 34.8 Å². The molecule has 102 valence electrons. The Morgan fingerprint density at radius 1 is 1.58 bits per heavy atom. The number of nitrogens with zero attached hydrogens (tertiary/aromatic N) is 2. The molecule has 1 amide bonds. The molecule has 6 nitrogen and oxygen atoms in total. The minimum absolute atomic E-state index is 0.108. The topological polar surface area (TPSA) is 83.7 Å². The lowest BCUT2D eigenvalue weighted by Gasteiger charge is -2.23. The van der Waals surface area contributed by atoms with Crippen molar-refractivity contribution in [3.8, 4) is 0 Å². The van der Waals surface area contributed by atoms with Crippen LogP contribution in [0.25, 0.3) is 0 Å². The van der Waals surface area contributed by atoms with Crippen molar-refractivity contribution < 1.29 is 14.8 Å². The minimum Gasteiger partial charge on any atom is -0.394 e. The number of aliphatic hydroxyl groups is 1. The summed E-state index contributed by atoms with van der Waals surface area (Å²) in [6.07, 6.45) is 1.54. The Labute approximate surface area is 114 Å². The Bertz CT molecular complexity index is 520. The summed E-state index contributed by atoms with van der Waals surface area (Å²) in [4.78, 5) is 24.0. The Balaban J connectivity index is 2.34. The van der Waals surface area contributed by atoms with Crippen molar-refractivity contribution in [1.82, 2.24) is 4.90 Å². The number of likely N-dealkylation sites (tertiary alicyclic amines) is 1. The van der Waals surface area contributed by atoms with Crippen molar-refractivity contribution in [3.63, 3.8) is 0 Å². The van der Waals surface area contributed by atoms with Crippen LogP contribution in [0.15, 0.2) is 18.2 Å². The van der Waals surface area contributed by atoms with E-state index in [2.05, 4.69) is 0 Å². The molecule has 1 saturated heterocycles. The van der Waals surface area contributed by atoms with Gasteiger partial charge in [0.1, 0.15) is 5.02 Å². The smallest absolute Gasteiger partial charge is 0.288 e. The van der Waals surface area contributed by atoms with Crippen molar-refractivity contribution in [2.75, 3.05) is 13.2 Å². The highest BCUT2D eigenvalue weighted by Gasteiger charge is 2.31. The van der Waals surface area contributed by atoms with Crippen LogP contribution in [0, 0.1) is 10.1 Å². The van der Waals surface area contributed by atoms with Gasteiger partial charge in [-0.3, -0.25) is 14.9 Å². The molecule has 7 heteroatoms. The van der Waals surface area contributed by atoms with E-state index in [1.54, 1.807) is 0 Å². The standard InChI is InChI=1S/C12H13ClN2O4/c13-11-9(4-1-5-10(11)15(18)19)12(17)14-6-2-3-8(14)7-16/h1,4-5,8,16H,2-3,6-7H2. The maximum atomic E-state index is 12.3. The third-order valence-electron chi connectivity index (χ3n) is 3.25. The second-order valence-corrected chi connectivity index (χ2v) is 4.75. The van der Waals surface area contributed by atoms with E-state index < -0.39 is 4.92 Å². The van der Waals surface area contributed by atoms with E-state index in [1.165, 1.54) is 23.1 Å². The fourth-order valence-electron chi connectivity index (χ4n) is 2.27. The van der Waals surface area contributed by atoms with E-state index in [4.69, 9.17) is 11.6 Å². The average molecular weight is 285 g/mol. The molecule has 0 aromatic heterocycles. The zero-order valence-corrected chi connectivity index (χ0v) is 10.8. The summed E-state index contributed by atoms with van der Waals surface area (Å²) < 4.78 is 0. The highest BCUT2D eigenvalue weighted by atomic mass is 35.5. The third kappa shape index (κ3) is 2.54. The summed E-state index contributed by atoms with van der Waals surface area (Å²) in [5, 5.41) is 19.9. The van der Waals surface area contributed by atoms with Crippen LogP contribution in [-0.4, -0.2) is 40.0 Å². The molecule has 1 heterocycles. The fourth-order valence-corrected chi connectivity index (χ4v) is 2.55. The SMILES string of the molecule is O=C(c1cccc([N+](=O)[O-])c1Cl)N1CCCC1CO. The molecule has 0 bridgehead atoms. The van der Waals surface area contributed by atoms with Crippen LogP contribution in [0.5, 0.6) is 0 Å². The Morgan fingerprint density at radius 2 is 2.32 bits per heavy atom. The van der Waals surface area contributed by atoms with E-state index in [9.17, 15) is 20.0 Å². The van der Waals surface area contributed by atoms with Crippen LogP contribution >= 0.6 is 11.6 Å². The molecule has 2 rings (SSSR count). The number of nitro benzene ring substituents is 1.